The van der Waals surface area contributed by atoms with E-state index in [1.807, 2.05) is 0 Å². The van der Waals surface area contributed by atoms with Crippen LogP contribution in [0.3, 0.4) is 0 Å². The smallest absolute Gasteiger partial charge is 0.138 e. The lowest BCUT2D eigenvalue weighted by molar-refractivity contribution is 0.591. The van der Waals surface area contributed by atoms with Crippen molar-refractivity contribution in [1.29, 1.82) is 0 Å². The van der Waals surface area contributed by atoms with E-state index in [-0.39, 0.29) is 0 Å². The number of hydrogen-bond acceptors (Lipinski definition) is 3. The Hall–Kier alpha value is -0.990. The van der Waals surface area contributed by atoms with Crippen molar-refractivity contribution in [2.45, 2.75) is 38.5 Å². The molecule has 0 radical (unpaired) electrons. The molecule has 0 saturated carbocycles. The van der Waals surface area contributed by atoms with E-state index < -0.39 is 0 Å². The van der Waals surface area contributed by atoms with Gasteiger partial charge >= 0.3 is 0 Å². The van der Waals surface area contributed by atoms with Crippen LogP contribution in [0, 0.1) is 0 Å². The molecule has 0 fully saturated rings. The van der Waals surface area contributed by atoms with Gasteiger partial charge in [0.05, 0.1) is 11.4 Å². The molecule has 1 aliphatic rings. The van der Waals surface area contributed by atoms with E-state index in [0.29, 0.717) is 0 Å². The summed E-state index contributed by atoms with van der Waals surface area (Å²) in [6.07, 6.45) is 8.87. The van der Waals surface area contributed by atoms with E-state index >= 15 is 0 Å². The van der Waals surface area contributed by atoms with Crippen molar-refractivity contribution in [3.63, 3.8) is 0 Å². The fourth-order valence-electron chi connectivity index (χ4n) is 1.66. The van der Waals surface area contributed by atoms with Crippen molar-refractivity contribution in [1.82, 2.24) is 15.2 Å². The highest BCUT2D eigenvalue weighted by molar-refractivity contribution is 5.09. The topological polar surface area (TPSA) is 38.7 Å². The predicted molar refractivity (Wildman–Crippen MR) is 45.7 cm³/mol. The second kappa shape index (κ2) is 3.61. The number of hydrogen-bond donors (Lipinski definition) is 0. The molecule has 0 N–H and O–H groups in total. The second-order valence-corrected chi connectivity index (χ2v) is 3.27. The molecule has 0 aliphatic heterocycles. The number of nitrogens with zero attached hydrogens (tertiary/aromatic N) is 3. The van der Waals surface area contributed by atoms with Crippen LogP contribution in [0.4, 0.5) is 0 Å². The summed E-state index contributed by atoms with van der Waals surface area (Å²) in [7, 11) is 0. The highest BCUT2D eigenvalue weighted by atomic mass is 15.1. The van der Waals surface area contributed by atoms with Gasteiger partial charge in [-0.1, -0.05) is 12.8 Å². The van der Waals surface area contributed by atoms with Crippen LogP contribution in [0.15, 0.2) is 6.33 Å². The van der Waals surface area contributed by atoms with Crippen molar-refractivity contribution in [2.24, 2.45) is 0 Å². The van der Waals surface area contributed by atoms with Gasteiger partial charge in [0.1, 0.15) is 6.33 Å². The van der Waals surface area contributed by atoms with Gasteiger partial charge in [-0.2, -0.15) is 5.10 Å². The van der Waals surface area contributed by atoms with Crippen LogP contribution in [-0.4, -0.2) is 15.2 Å². The fourth-order valence-corrected chi connectivity index (χ4v) is 1.66. The van der Waals surface area contributed by atoms with Gasteiger partial charge in [0.15, 0.2) is 0 Å². The Kier molecular flexibility index (Phi) is 2.30. The molecule has 12 heavy (non-hydrogen) atoms. The Labute approximate surface area is 72.2 Å². The SMILES string of the molecule is c1nnc2c(n1)CCCCCC2. The number of rotatable bonds is 0. The molecule has 1 aromatic rings. The summed E-state index contributed by atoms with van der Waals surface area (Å²) in [5.74, 6) is 0. The van der Waals surface area contributed by atoms with Crippen LogP contribution < -0.4 is 0 Å². The Morgan fingerprint density at radius 3 is 2.50 bits per heavy atom. The molecule has 1 aromatic heterocycles. The first-order valence-corrected chi connectivity index (χ1v) is 4.62. The van der Waals surface area contributed by atoms with Crippen molar-refractivity contribution in [2.75, 3.05) is 0 Å². The maximum Gasteiger partial charge on any atom is 0.138 e. The van der Waals surface area contributed by atoms with Gasteiger partial charge in [-0.15, -0.1) is 5.10 Å². The van der Waals surface area contributed by atoms with Crippen LogP contribution in [-0.2, 0) is 12.8 Å². The molecule has 0 unspecified atom stereocenters. The first-order valence-electron chi connectivity index (χ1n) is 4.62. The summed E-state index contributed by atoms with van der Waals surface area (Å²) < 4.78 is 0. The molecule has 0 saturated heterocycles. The van der Waals surface area contributed by atoms with E-state index in [1.165, 1.54) is 31.4 Å². The quantitative estimate of drug-likeness (QED) is 0.582. The summed E-state index contributed by atoms with van der Waals surface area (Å²) in [6.45, 7) is 0. The lowest BCUT2D eigenvalue weighted by Crippen LogP contribution is -2.05. The van der Waals surface area contributed by atoms with E-state index in [1.54, 1.807) is 6.33 Å². The molecule has 0 bridgehead atoms. The van der Waals surface area contributed by atoms with Gasteiger partial charge in [-0.05, 0) is 25.7 Å². The van der Waals surface area contributed by atoms with E-state index in [2.05, 4.69) is 15.2 Å². The summed E-state index contributed by atoms with van der Waals surface area (Å²) in [5, 5.41) is 7.92. The van der Waals surface area contributed by atoms with Gasteiger partial charge in [0.25, 0.3) is 0 Å². The molecule has 0 atom stereocenters. The average Bonchev–Trinajstić information content (AvgIpc) is 2.06. The maximum absolute atomic E-state index is 4.25. The molecule has 2 rings (SSSR count). The summed E-state index contributed by atoms with van der Waals surface area (Å²) in [4.78, 5) is 4.25. The molecule has 3 heteroatoms. The van der Waals surface area contributed by atoms with Crippen molar-refractivity contribution in [3.05, 3.63) is 17.7 Å². The summed E-state index contributed by atoms with van der Waals surface area (Å²) in [6, 6.07) is 0. The molecule has 3 nitrogen and oxygen atoms in total. The largest absolute Gasteiger partial charge is 0.238 e. The van der Waals surface area contributed by atoms with E-state index in [4.69, 9.17) is 0 Å². The second-order valence-electron chi connectivity index (χ2n) is 3.27. The van der Waals surface area contributed by atoms with Crippen LogP contribution in [0.25, 0.3) is 0 Å². The molecular weight excluding hydrogens is 150 g/mol. The molecule has 0 amide bonds. The Bertz CT molecular complexity index is 233. The van der Waals surface area contributed by atoms with Gasteiger partial charge in [-0.3, -0.25) is 0 Å². The minimum Gasteiger partial charge on any atom is -0.238 e. The van der Waals surface area contributed by atoms with Gasteiger partial charge in [0.2, 0.25) is 0 Å². The van der Waals surface area contributed by atoms with E-state index in [9.17, 15) is 0 Å². The van der Waals surface area contributed by atoms with Gasteiger partial charge in [-0.25, -0.2) is 4.98 Å². The Morgan fingerprint density at radius 2 is 1.67 bits per heavy atom. The zero-order chi connectivity index (χ0) is 8.23. The highest BCUT2D eigenvalue weighted by Crippen LogP contribution is 2.15. The predicted octanol–water partition coefficient (Wildman–Crippen LogP) is 1.53. The lowest BCUT2D eigenvalue weighted by Gasteiger charge is -2.09. The van der Waals surface area contributed by atoms with Gasteiger partial charge < -0.3 is 0 Å². The van der Waals surface area contributed by atoms with Crippen LogP contribution >= 0.6 is 0 Å². The first-order chi connectivity index (χ1) is 5.97. The van der Waals surface area contributed by atoms with Crippen molar-refractivity contribution in [3.8, 4) is 0 Å². The molecule has 1 aliphatic carbocycles. The maximum atomic E-state index is 4.25. The third-order valence-corrected chi connectivity index (χ3v) is 2.35. The molecule has 1 heterocycles. The van der Waals surface area contributed by atoms with E-state index in [0.717, 1.165) is 18.5 Å². The third-order valence-electron chi connectivity index (χ3n) is 2.35. The normalized spacial score (nSPS) is 17.7. The minimum absolute atomic E-state index is 1.07. The number of fused-ring (bicyclic) bond motifs is 1. The lowest BCUT2D eigenvalue weighted by atomic mass is 10.0. The zero-order valence-corrected chi connectivity index (χ0v) is 7.16. The Morgan fingerprint density at radius 1 is 0.917 bits per heavy atom. The molecule has 64 valence electrons. The summed E-state index contributed by atoms with van der Waals surface area (Å²) in [5.41, 5.74) is 2.29. The van der Waals surface area contributed by atoms with Crippen LogP contribution in [0.1, 0.15) is 37.1 Å². The van der Waals surface area contributed by atoms with Crippen LogP contribution in [0.2, 0.25) is 0 Å². The average molecular weight is 163 g/mol. The molecule has 0 spiro atoms. The standard InChI is InChI=1S/C9H13N3/c1-2-4-6-9-8(5-3-1)10-7-11-12-9/h7H,1-6H2. The zero-order valence-electron chi connectivity index (χ0n) is 7.16. The Balaban J connectivity index is 2.24. The van der Waals surface area contributed by atoms with Crippen LogP contribution in [0.5, 0.6) is 0 Å². The minimum atomic E-state index is 1.07. The van der Waals surface area contributed by atoms with Gasteiger partial charge in [0, 0.05) is 0 Å². The number of aryl methyl sites for hydroxylation is 2. The highest BCUT2D eigenvalue weighted by Gasteiger charge is 2.08. The third kappa shape index (κ3) is 1.60. The summed E-state index contributed by atoms with van der Waals surface area (Å²) >= 11 is 0. The fraction of sp³-hybridized carbons (Fsp3) is 0.667. The van der Waals surface area contributed by atoms with Crippen molar-refractivity contribution >= 4 is 0 Å². The number of aromatic nitrogens is 3. The molecule has 0 aromatic carbocycles. The monoisotopic (exact) mass is 163 g/mol. The van der Waals surface area contributed by atoms with Crippen molar-refractivity contribution < 1.29 is 0 Å². The molecular formula is C9H13N3. The first kappa shape index (κ1) is 7.65.